The van der Waals surface area contributed by atoms with Crippen molar-refractivity contribution in [3.05, 3.63) is 60.7 Å². The maximum atomic E-state index is 3.81. The molecule has 0 aromatic heterocycles. The summed E-state index contributed by atoms with van der Waals surface area (Å²) in [6.45, 7) is 6.98. The smallest absolute Gasteiger partial charge is 0.0326 e. The van der Waals surface area contributed by atoms with Gasteiger partial charge in [-0.15, -0.1) is 6.58 Å². The summed E-state index contributed by atoms with van der Waals surface area (Å²) in [5.74, 6) is 0. The lowest BCUT2D eigenvalue weighted by atomic mass is 9.95. The van der Waals surface area contributed by atoms with E-state index < -0.39 is 0 Å². The van der Waals surface area contributed by atoms with E-state index in [1.807, 2.05) is 6.08 Å². The highest BCUT2D eigenvalue weighted by Crippen LogP contribution is 2.27. The van der Waals surface area contributed by atoms with Gasteiger partial charge in [0.05, 0.1) is 0 Å². The maximum absolute atomic E-state index is 3.81. The molecule has 0 aliphatic carbocycles. The highest BCUT2D eigenvalue weighted by atomic mass is 14.9. The van der Waals surface area contributed by atoms with Crippen LogP contribution in [0, 0.1) is 0 Å². The maximum Gasteiger partial charge on any atom is 0.0326 e. The number of hydrogen-bond acceptors (Lipinski definition) is 1. The van der Waals surface area contributed by atoms with E-state index >= 15 is 0 Å². The van der Waals surface area contributed by atoms with Gasteiger partial charge in [0, 0.05) is 6.04 Å². The van der Waals surface area contributed by atoms with Crippen molar-refractivity contribution in [1.29, 1.82) is 0 Å². The third-order valence-corrected chi connectivity index (χ3v) is 3.55. The van der Waals surface area contributed by atoms with Gasteiger partial charge < -0.3 is 5.32 Å². The Morgan fingerprint density at radius 3 is 2.74 bits per heavy atom. The van der Waals surface area contributed by atoms with Crippen LogP contribution in [-0.4, -0.2) is 6.54 Å². The van der Waals surface area contributed by atoms with Gasteiger partial charge in [-0.1, -0.05) is 55.5 Å². The van der Waals surface area contributed by atoms with Crippen LogP contribution in [0.4, 0.5) is 0 Å². The van der Waals surface area contributed by atoms with Gasteiger partial charge in [-0.2, -0.15) is 0 Å². The van der Waals surface area contributed by atoms with Crippen molar-refractivity contribution >= 4 is 10.8 Å². The van der Waals surface area contributed by atoms with Crippen LogP contribution in [0.1, 0.15) is 37.8 Å². The molecule has 0 spiro atoms. The minimum absolute atomic E-state index is 0.441. The standard InChI is InChI=1S/C18H23N/c1-3-5-6-14-18(19-4-2)17-13-9-11-15-10-7-8-12-16(15)17/h3,7-13,18-19H,1,4-6,14H2,2H3. The average Bonchev–Trinajstić information content (AvgIpc) is 2.46. The number of allylic oxidation sites excluding steroid dienone is 1. The largest absolute Gasteiger partial charge is 0.310 e. The molecule has 0 aliphatic rings. The van der Waals surface area contributed by atoms with Crippen molar-refractivity contribution in [3.63, 3.8) is 0 Å². The Kier molecular flexibility index (Phi) is 5.17. The summed E-state index contributed by atoms with van der Waals surface area (Å²) in [7, 11) is 0. The monoisotopic (exact) mass is 253 g/mol. The fourth-order valence-corrected chi connectivity index (χ4v) is 2.63. The molecule has 100 valence electrons. The molecule has 1 atom stereocenters. The third kappa shape index (κ3) is 3.45. The third-order valence-electron chi connectivity index (χ3n) is 3.55. The number of rotatable bonds is 7. The predicted octanol–water partition coefficient (Wildman–Crippen LogP) is 4.85. The Labute approximate surface area is 116 Å². The molecule has 2 aromatic carbocycles. The second kappa shape index (κ2) is 7.10. The molecule has 2 aromatic rings. The van der Waals surface area contributed by atoms with E-state index in [2.05, 4.69) is 61.3 Å². The predicted molar refractivity (Wildman–Crippen MR) is 84.4 cm³/mol. The summed E-state index contributed by atoms with van der Waals surface area (Å²) in [4.78, 5) is 0. The van der Waals surface area contributed by atoms with E-state index in [0.717, 1.165) is 19.4 Å². The topological polar surface area (TPSA) is 12.0 Å². The minimum Gasteiger partial charge on any atom is -0.310 e. The SMILES string of the molecule is C=CCCCC(NCC)c1cccc2ccccc12. The molecule has 0 radical (unpaired) electrons. The summed E-state index contributed by atoms with van der Waals surface area (Å²) >= 11 is 0. The van der Waals surface area contributed by atoms with E-state index in [1.165, 1.54) is 22.8 Å². The van der Waals surface area contributed by atoms with Gasteiger partial charge in [0.1, 0.15) is 0 Å². The van der Waals surface area contributed by atoms with E-state index in [0.29, 0.717) is 6.04 Å². The molecule has 0 fully saturated rings. The molecule has 0 aliphatic heterocycles. The minimum atomic E-state index is 0.441. The molecule has 1 unspecified atom stereocenters. The Hall–Kier alpha value is -1.60. The number of fused-ring (bicyclic) bond motifs is 1. The summed E-state index contributed by atoms with van der Waals surface area (Å²) in [6, 6.07) is 15.7. The van der Waals surface area contributed by atoms with E-state index in [-0.39, 0.29) is 0 Å². The lowest BCUT2D eigenvalue weighted by Crippen LogP contribution is -2.21. The van der Waals surface area contributed by atoms with Crippen molar-refractivity contribution in [2.45, 2.75) is 32.2 Å². The number of nitrogens with one attached hydrogen (secondary N) is 1. The van der Waals surface area contributed by atoms with Crippen LogP contribution < -0.4 is 5.32 Å². The van der Waals surface area contributed by atoms with E-state index in [1.54, 1.807) is 0 Å². The van der Waals surface area contributed by atoms with Crippen molar-refractivity contribution in [2.24, 2.45) is 0 Å². The fourth-order valence-electron chi connectivity index (χ4n) is 2.63. The Bertz CT molecular complexity index is 525. The lowest BCUT2D eigenvalue weighted by Gasteiger charge is -2.20. The number of benzene rings is 2. The normalized spacial score (nSPS) is 12.5. The van der Waals surface area contributed by atoms with Crippen LogP contribution in [0.2, 0.25) is 0 Å². The lowest BCUT2D eigenvalue weighted by molar-refractivity contribution is 0.503. The molecule has 1 nitrogen and oxygen atoms in total. The Morgan fingerprint density at radius 2 is 1.95 bits per heavy atom. The summed E-state index contributed by atoms with van der Waals surface area (Å²) < 4.78 is 0. The van der Waals surface area contributed by atoms with Gasteiger partial charge in [0.15, 0.2) is 0 Å². The first-order valence-electron chi connectivity index (χ1n) is 7.18. The van der Waals surface area contributed by atoms with Crippen molar-refractivity contribution in [1.82, 2.24) is 5.32 Å². The molecule has 19 heavy (non-hydrogen) atoms. The van der Waals surface area contributed by atoms with Gasteiger partial charge in [-0.05, 0) is 42.1 Å². The molecule has 0 amide bonds. The van der Waals surface area contributed by atoms with Crippen LogP contribution in [-0.2, 0) is 0 Å². The van der Waals surface area contributed by atoms with Crippen LogP contribution >= 0.6 is 0 Å². The van der Waals surface area contributed by atoms with Gasteiger partial charge >= 0.3 is 0 Å². The zero-order valence-electron chi connectivity index (χ0n) is 11.7. The molecule has 0 bridgehead atoms. The summed E-state index contributed by atoms with van der Waals surface area (Å²) in [5, 5.41) is 6.31. The average molecular weight is 253 g/mol. The number of unbranched alkanes of at least 4 members (excludes halogenated alkanes) is 1. The van der Waals surface area contributed by atoms with E-state index in [9.17, 15) is 0 Å². The quantitative estimate of drug-likeness (QED) is 0.549. The molecular weight excluding hydrogens is 230 g/mol. The molecular formula is C18H23N. The fraction of sp³-hybridized carbons (Fsp3) is 0.333. The van der Waals surface area contributed by atoms with E-state index in [4.69, 9.17) is 0 Å². The zero-order chi connectivity index (χ0) is 13.5. The molecule has 2 rings (SSSR count). The highest BCUT2D eigenvalue weighted by molar-refractivity contribution is 5.86. The van der Waals surface area contributed by atoms with Crippen molar-refractivity contribution in [2.75, 3.05) is 6.54 Å². The molecule has 0 heterocycles. The first-order valence-corrected chi connectivity index (χ1v) is 7.18. The molecule has 1 N–H and O–H groups in total. The van der Waals surface area contributed by atoms with Crippen LogP contribution in [0.25, 0.3) is 10.8 Å². The molecule has 0 saturated carbocycles. The summed E-state index contributed by atoms with van der Waals surface area (Å²) in [5.41, 5.74) is 1.42. The zero-order valence-corrected chi connectivity index (χ0v) is 11.7. The van der Waals surface area contributed by atoms with Crippen LogP contribution in [0.15, 0.2) is 55.1 Å². The van der Waals surface area contributed by atoms with Crippen LogP contribution in [0.3, 0.4) is 0 Å². The Morgan fingerprint density at radius 1 is 1.16 bits per heavy atom. The molecule has 1 heteroatoms. The first-order chi connectivity index (χ1) is 9.36. The van der Waals surface area contributed by atoms with Crippen molar-refractivity contribution in [3.8, 4) is 0 Å². The van der Waals surface area contributed by atoms with Crippen LogP contribution in [0.5, 0.6) is 0 Å². The summed E-state index contributed by atoms with van der Waals surface area (Å²) in [6.07, 6.45) is 5.44. The second-order valence-electron chi connectivity index (χ2n) is 4.90. The Balaban J connectivity index is 2.29. The van der Waals surface area contributed by atoms with Gasteiger partial charge in [0.2, 0.25) is 0 Å². The van der Waals surface area contributed by atoms with Gasteiger partial charge in [-0.3, -0.25) is 0 Å². The number of hydrogen-bond donors (Lipinski definition) is 1. The highest BCUT2D eigenvalue weighted by Gasteiger charge is 2.12. The van der Waals surface area contributed by atoms with Crippen molar-refractivity contribution < 1.29 is 0 Å². The second-order valence-corrected chi connectivity index (χ2v) is 4.90. The van der Waals surface area contributed by atoms with Gasteiger partial charge in [-0.25, -0.2) is 0 Å². The van der Waals surface area contributed by atoms with Gasteiger partial charge in [0.25, 0.3) is 0 Å². The molecule has 0 saturated heterocycles. The first kappa shape index (κ1) is 13.8.